The molecule has 0 unspecified atom stereocenters. The first-order chi connectivity index (χ1) is 21.0. The minimum Gasteiger partial charge on any atom is -0.303 e. The number of nitrogens with zero attached hydrogens (tertiary/aromatic N) is 2. The van der Waals surface area contributed by atoms with Gasteiger partial charge in [-0.3, -0.25) is 4.79 Å². The summed E-state index contributed by atoms with van der Waals surface area (Å²) in [4.78, 5) is 12.7. The molecule has 1 heterocycles. The molecule has 0 bridgehead atoms. The lowest BCUT2D eigenvalue weighted by Gasteiger charge is -2.19. The van der Waals surface area contributed by atoms with E-state index < -0.39 is 73.2 Å². The van der Waals surface area contributed by atoms with Crippen LogP contribution in [0.2, 0.25) is 0 Å². The second-order valence-corrected chi connectivity index (χ2v) is 12.6. The van der Waals surface area contributed by atoms with Crippen LogP contribution in [-0.2, 0) is 28.7 Å². The van der Waals surface area contributed by atoms with Crippen LogP contribution < -0.4 is 5.56 Å². The molecule has 1 aliphatic carbocycles. The van der Waals surface area contributed by atoms with Gasteiger partial charge in [0.25, 0.3) is 5.56 Å². The lowest BCUT2D eigenvalue weighted by Crippen LogP contribution is -2.29. The maximum atomic E-state index is 14.5. The number of sulfone groups is 1. The number of hydrogen-bond donors (Lipinski definition) is 0. The molecule has 45 heavy (non-hydrogen) atoms. The van der Waals surface area contributed by atoms with Crippen molar-refractivity contribution in [1.82, 2.24) is 4.57 Å². The summed E-state index contributed by atoms with van der Waals surface area (Å²) in [5.74, 6) is -2.59. The SMILES string of the molecule is N#Cc1c(C(F)(F)F)cc(-c2cccc(-c3cc(C(F)(F)F)cc(S(=O)(=O)CC4CC4)c3)c2)n(Cc2ccc(F)cc2F)c1=O. The van der Waals surface area contributed by atoms with Crippen molar-refractivity contribution in [2.24, 2.45) is 5.92 Å². The molecule has 5 nitrogen and oxygen atoms in total. The molecule has 0 aliphatic heterocycles. The van der Waals surface area contributed by atoms with E-state index in [0.717, 1.165) is 24.3 Å². The van der Waals surface area contributed by atoms with Crippen LogP contribution in [0, 0.1) is 28.9 Å². The molecule has 1 aromatic heterocycles. The zero-order valence-electron chi connectivity index (χ0n) is 22.8. The Labute approximate surface area is 250 Å². The maximum absolute atomic E-state index is 14.5. The van der Waals surface area contributed by atoms with Gasteiger partial charge in [0, 0.05) is 11.6 Å². The van der Waals surface area contributed by atoms with Gasteiger partial charge in [0.1, 0.15) is 23.3 Å². The highest BCUT2D eigenvalue weighted by Gasteiger charge is 2.37. The van der Waals surface area contributed by atoms with Crippen LogP contribution in [0.25, 0.3) is 22.4 Å². The average molecular weight is 653 g/mol. The van der Waals surface area contributed by atoms with Crippen molar-refractivity contribution >= 4 is 9.84 Å². The van der Waals surface area contributed by atoms with Gasteiger partial charge >= 0.3 is 12.4 Å². The first-order valence-corrected chi connectivity index (χ1v) is 14.9. The van der Waals surface area contributed by atoms with Gasteiger partial charge in [0.05, 0.1) is 34.0 Å². The molecule has 1 aliphatic rings. The molecule has 5 rings (SSSR count). The topological polar surface area (TPSA) is 79.9 Å². The second-order valence-electron chi connectivity index (χ2n) is 10.6. The number of pyridine rings is 1. The van der Waals surface area contributed by atoms with Crippen molar-refractivity contribution in [3.05, 3.63) is 111 Å². The van der Waals surface area contributed by atoms with Crippen LogP contribution >= 0.6 is 0 Å². The lowest BCUT2D eigenvalue weighted by atomic mass is 9.98. The third-order valence-corrected chi connectivity index (χ3v) is 9.16. The number of hydrogen-bond acceptors (Lipinski definition) is 4. The molecular weight excluding hydrogens is 632 g/mol. The summed E-state index contributed by atoms with van der Waals surface area (Å²) in [6, 6.07) is 11.2. The van der Waals surface area contributed by atoms with E-state index in [1.807, 2.05) is 0 Å². The Morgan fingerprint density at radius 1 is 0.844 bits per heavy atom. The van der Waals surface area contributed by atoms with Crippen molar-refractivity contribution in [2.75, 3.05) is 5.75 Å². The zero-order chi connectivity index (χ0) is 32.9. The molecule has 0 N–H and O–H groups in total. The third kappa shape index (κ3) is 6.78. The summed E-state index contributed by atoms with van der Waals surface area (Å²) in [6.07, 6.45) is -8.86. The third-order valence-electron chi connectivity index (χ3n) is 7.30. The van der Waals surface area contributed by atoms with E-state index in [0.29, 0.717) is 41.7 Å². The maximum Gasteiger partial charge on any atom is 0.417 e. The number of halogens is 8. The highest BCUT2D eigenvalue weighted by atomic mass is 32.2. The van der Waals surface area contributed by atoms with Gasteiger partial charge in [-0.25, -0.2) is 17.2 Å². The van der Waals surface area contributed by atoms with Crippen LogP contribution in [0.3, 0.4) is 0 Å². The van der Waals surface area contributed by atoms with Gasteiger partial charge in [0.2, 0.25) is 0 Å². The van der Waals surface area contributed by atoms with Crippen molar-refractivity contribution < 1.29 is 43.5 Å². The number of aromatic nitrogens is 1. The molecule has 0 atom stereocenters. The van der Waals surface area contributed by atoms with Gasteiger partial charge in [-0.15, -0.1) is 0 Å². The fourth-order valence-corrected chi connectivity index (χ4v) is 6.61. The van der Waals surface area contributed by atoms with Crippen LogP contribution in [0.15, 0.2) is 76.4 Å². The molecular formula is C31H20F8N2O3S. The van der Waals surface area contributed by atoms with Gasteiger partial charge in [-0.1, -0.05) is 24.3 Å². The number of benzene rings is 3. The summed E-state index contributed by atoms with van der Waals surface area (Å²) in [5.41, 5.74) is -6.77. The monoisotopic (exact) mass is 652 g/mol. The molecule has 0 amide bonds. The molecule has 14 heteroatoms. The predicted octanol–water partition coefficient (Wildman–Crippen LogP) is 7.60. The molecule has 3 aromatic carbocycles. The standard InChI is InChI=1S/C31H20F8N2O3S/c32-23-7-6-20(27(33)12-23)15-41-28(13-26(31(37,38)39)25(14-40)29(41)42)19-3-1-2-18(8-19)21-9-22(30(34,35)36)11-24(10-21)45(43,44)16-17-4-5-17/h1-3,6-13,17H,4-5,15-16H2. The van der Waals surface area contributed by atoms with E-state index in [1.165, 1.54) is 24.3 Å². The quantitative estimate of drug-likeness (QED) is 0.193. The average Bonchev–Trinajstić information content (AvgIpc) is 3.77. The first kappa shape index (κ1) is 31.9. The van der Waals surface area contributed by atoms with E-state index in [-0.39, 0.29) is 33.9 Å². The Kier molecular flexibility index (Phi) is 8.11. The number of alkyl halides is 6. The Bertz CT molecular complexity index is 2020. The van der Waals surface area contributed by atoms with Crippen LogP contribution in [0.1, 0.15) is 35.1 Å². The Morgan fingerprint density at radius 2 is 1.53 bits per heavy atom. The normalized spacial score (nSPS) is 13.9. The largest absolute Gasteiger partial charge is 0.417 e. The second kappa shape index (κ2) is 11.4. The summed E-state index contributed by atoms with van der Waals surface area (Å²) < 4.78 is 138. The minimum atomic E-state index is -5.18. The van der Waals surface area contributed by atoms with Gasteiger partial charge in [0.15, 0.2) is 9.84 Å². The summed E-state index contributed by atoms with van der Waals surface area (Å²) >= 11 is 0. The smallest absolute Gasteiger partial charge is 0.303 e. The van der Waals surface area contributed by atoms with Crippen molar-refractivity contribution in [3.63, 3.8) is 0 Å². The lowest BCUT2D eigenvalue weighted by molar-refractivity contribution is -0.138. The molecule has 1 saturated carbocycles. The van der Waals surface area contributed by atoms with Crippen molar-refractivity contribution in [2.45, 2.75) is 36.6 Å². The van der Waals surface area contributed by atoms with E-state index in [4.69, 9.17) is 0 Å². The van der Waals surface area contributed by atoms with E-state index in [9.17, 15) is 53.6 Å². The van der Waals surface area contributed by atoms with Crippen molar-refractivity contribution in [1.29, 1.82) is 5.26 Å². The Morgan fingerprint density at radius 3 is 2.13 bits per heavy atom. The van der Waals surface area contributed by atoms with E-state index >= 15 is 0 Å². The number of nitriles is 1. The molecule has 0 radical (unpaired) electrons. The fraction of sp³-hybridized carbons (Fsp3) is 0.226. The summed E-state index contributed by atoms with van der Waals surface area (Å²) in [7, 11) is -4.12. The molecule has 4 aromatic rings. The Hall–Kier alpha value is -4.51. The van der Waals surface area contributed by atoms with Crippen LogP contribution in [0.5, 0.6) is 0 Å². The molecule has 0 saturated heterocycles. The fourth-order valence-electron chi connectivity index (χ4n) is 4.85. The van der Waals surface area contributed by atoms with Gasteiger partial charge < -0.3 is 4.57 Å². The zero-order valence-corrected chi connectivity index (χ0v) is 23.6. The van der Waals surface area contributed by atoms with E-state index in [2.05, 4.69) is 0 Å². The minimum absolute atomic E-state index is 0.0358. The highest BCUT2D eigenvalue weighted by molar-refractivity contribution is 7.91. The van der Waals surface area contributed by atoms with Gasteiger partial charge in [-0.05, 0) is 71.8 Å². The summed E-state index contributed by atoms with van der Waals surface area (Å²) in [6.45, 7) is -0.732. The molecule has 0 spiro atoms. The number of rotatable bonds is 7. The van der Waals surface area contributed by atoms with Gasteiger partial charge in [-0.2, -0.15) is 31.6 Å². The summed E-state index contributed by atoms with van der Waals surface area (Å²) in [5, 5.41) is 9.41. The first-order valence-electron chi connectivity index (χ1n) is 13.2. The van der Waals surface area contributed by atoms with Crippen LogP contribution in [0.4, 0.5) is 35.1 Å². The van der Waals surface area contributed by atoms with Crippen molar-refractivity contribution in [3.8, 4) is 28.5 Å². The van der Waals surface area contributed by atoms with Crippen LogP contribution in [-0.4, -0.2) is 18.7 Å². The van der Waals surface area contributed by atoms with E-state index in [1.54, 1.807) is 0 Å². The highest BCUT2D eigenvalue weighted by Crippen LogP contribution is 2.39. The molecule has 234 valence electrons. The molecule has 1 fully saturated rings. The predicted molar refractivity (Wildman–Crippen MR) is 147 cm³/mol. The Balaban J connectivity index is 1.72.